The fraction of sp³-hybridized carbons (Fsp3) is 0.625. The van der Waals surface area contributed by atoms with Crippen LogP contribution in [0.5, 0.6) is 0 Å². The van der Waals surface area contributed by atoms with Crippen molar-refractivity contribution in [3.63, 3.8) is 0 Å². The predicted molar refractivity (Wildman–Crippen MR) is 99.0 cm³/mol. The molecule has 5 nitrogen and oxygen atoms in total. The second-order valence-electron chi connectivity index (χ2n) is 6.23. The molecule has 0 radical (unpaired) electrons. The number of likely N-dealkylation sites (tertiary alicyclic amines) is 2. The number of amides is 2. The molecular formula is C16H23Cl2N3O2S. The number of nitrogens with zero attached hydrogens (tertiary/aromatic N) is 2. The summed E-state index contributed by atoms with van der Waals surface area (Å²) in [5.41, 5.74) is 5.59. The number of carbonyl (C=O) groups excluding carboxylic acids is 2. The first-order valence-electron chi connectivity index (χ1n) is 8.13. The van der Waals surface area contributed by atoms with Gasteiger partial charge in [-0.2, -0.15) is 0 Å². The standard InChI is InChI=1S/C16H22ClN3O2S.ClH/c17-12-5-9-23-15(12)16(22)19-8-4-13-11(10-19)2-3-14(21)20(13)7-1-6-18;/h5,9,11,13H,1-4,6-8,10,18H2;1H/t11-,13+;/m0./s1. The molecule has 0 spiro atoms. The number of nitrogens with two attached hydrogens (primary N) is 1. The topological polar surface area (TPSA) is 66.6 Å². The van der Waals surface area contributed by atoms with Gasteiger partial charge in [-0.25, -0.2) is 0 Å². The van der Waals surface area contributed by atoms with Crippen LogP contribution < -0.4 is 5.73 Å². The lowest BCUT2D eigenvalue weighted by Crippen LogP contribution is -2.57. The Kier molecular flexibility index (Phi) is 6.92. The van der Waals surface area contributed by atoms with E-state index in [4.69, 9.17) is 17.3 Å². The number of halogens is 2. The van der Waals surface area contributed by atoms with Crippen molar-refractivity contribution < 1.29 is 9.59 Å². The van der Waals surface area contributed by atoms with Gasteiger partial charge in [0, 0.05) is 32.1 Å². The van der Waals surface area contributed by atoms with Crippen molar-refractivity contribution in [2.45, 2.75) is 31.7 Å². The van der Waals surface area contributed by atoms with Crippen molar-refractivity contribution in [1.82, 2.24) is 9.80 Å². The molecule has 2 amide bonds. The van der Waals surface area contributed by atoms with Gasteiger partial charge >= 0.3 is 0 Å². The number of fused-ring (bicyclic) bond motifs is 1. The molecule has 0 unspecified atom stereocenters. The van der Waals surface area contributed by atoms with Crippen LogP contribution in [-0.2, 0) is 4.79 Å². The van der Waals surface area contributed by atoms with Gasteiger partial charge in [0.15, 0.2) is 0 Å². The van der Waals surface area contributed by atoms with E-state index in [-0.39, 0.29) is 30.3 Å². The second kappa shape index (κ2) is 8.52. The average molecular weight is 392 g/mol. The van der Waals surface area contributed by atoms with E-state index < -0.39 is 0 Å². The number of piperidine rings is 2. The third-order valence-corrected chi connectivity index (χ3v) is 6.17. The Hall–Kier alpha value is -0.820. The lowest BCUT2D eigenvalue weighted by molar-refractivity contribution is -0.140. The molecule has 2 N–H and O–H groups in total. The van der Waals surface area contributed by atoms with Gasteiger partial charge in [0.2, 0.25) is 5.91 Å². The van der Waals surface area contributed by atoms with Gasteiger partial charge in [0.25, 0.3) is 5.91 Å². The number of hydrogen-bond donors (Lipinski definition) is 1. The summed E-state index contributed by atoms with van der Waals surface area (Å²) in [5, 5.41) is 2.38. The zero-order valence-corrected chi connectivity index (χ0v) is 15.8. The van der Waals surface area contributed by atoms with Gasteiger partial charge in [0.1, 0.15) is 4.88 Å². The highest BCUT2D eigenvalue weighted by Crippen LogP contribution is 2.33. The highest BCUT2D eigenvalue weighted by molar-refractivity contribution is 7.12. The molecule has 0 aromatic carbocycles. The van der Waals surface area contributed by atoms with Crippen molar-refractivity contribution in [3.8, 4) is 0 Å². The van der Waals surface area contributed by atoms with Crippen molar-refractivity contribution in [3.05, 3.63) is 21.3 Å². The molecule has 2 aliphatic heterocycles. The summed E-state index contributed by atoms with van der Waals surface area (Å²) in [5.74, 6) is 0.622. The van der Waals surface area contributed by atoms with Crippen LogP contribution in [0.3, 0.4) is 0 Å². The van der Waals surface area contributed by atoms with Crippen LogP contribution >= 0.6 is 35.3 Å². The van der Waals surface area contributed by atoms with Crippen LogP contribution in [0, 0.1) is 5.92 Å². The summed E-state index contributed by atoms with van der Waals surface area (Å²) in [6.07, 6.45) is 3.12. The number of carbonyl (C=O) groups is 2. The molecule has 3 heterocycles. The highest BCUT2D eigenvalue weighted by atomic mass is 35.5. The highest BCUT2D eigenvalue weighted by Gasteiger charge is 2.40. The maximum Gasteiger partial charge on any atom is 0.265 e. The van der Waals surface area contributed by atoms with Crippen molar-refractivity contribution in [1.29, 1.82) is 0 Å². The van der Waals surface area contributed by atoms with Gasteiger partial charge in [-0.1, -0.05) is 11.6 Å². The third kappa shape index (κ3) is 3.87. The molecule has 0 bridgehead atoms. The lowest BCUT2D eigenvalue weighted by Gasteiger charge is -2.47. The first kappa shape index (κ1) is 19.5. The number of hydrogen-bond acceptors (Lipinski definition) is 4. The predicted octanol–water partition coefficient (Wildman–Crippen LogP) is 2.63. The normalized spacial score (nSPS) is 23.7. The minimum atomic E-state index is 0. The lowest BCUT2D eigenvalue weighted by atomic mass is 9.83. The summed E-state index contributed by atoms with van der Waals surface area (Å²) in [6, 6.07) is 2.02. The van der Waals surface area contributed by atoms with E-state index in [1.165, 1.54) is 11.3 Å². The van der Waals surface area contributed by atoms with Gasteiger partial charge in [-0.3, -0.25) is 9.59 Å². The molecule has 2 fully saturated rings. The Balaban J connectivity index is 0.00000208. The van der Waals surface area contributed by atoms with E-state index in [0.29, 0.717) is 41.9 Å². The number of rotatable bonds is 4. The van der Waals surface area contributed by atoms with Gasteiger partial charge in [-0.05, 0) is 43.2 Å². The Morgan fingerprint density at radius 3 is 2.88 bits per heavy atom. The third-order valence-electron chi connectivity index (χ3n) is 4.85. The first-order chi connectivity index (χ1) is 11.1. The van der Waals surface area contributed by atoms with Crippen molar-refractivity contribution in [2.24, 2.45) is 11.7 Å². The van der Waals surface area contributed by atoms with Crippen molar-refractivity contribution in [2.75, 3.05) is 26.2 Å². The summed E-state index contributed by atoms with van der Waals surface area (Å²) >= 11 is 7.48. The van der Waals surface area contributed by atoms with E-state index in [1.54, 1.807) is 6.07 Å². The van der Waals surface area contributed by atoms with Crippen LogP contribution in [0.2, 0.25) is 5.02 Å². The maximum atomic E-state index is 12.6. The quantitative estimate of drug-likeness (QED) is 0.857. The van der Waals surface area contributed by atoms with E-state index in [0.717, 1.165) is 25.8 Å². The van der Waals surface area contributed by atoms with E-state index >= 15 is 0 Å². The van der Waals surface area contributed by atoms with Crippen LogP contribution in [0.4, 0.5) is 0 Å². The molecular weight excluding hydrogens is 369 g/mol. The summed E-state index contributed by atoms with van der Waals surface area (Å²) < 4.78 is 0. The summed E-state index contributed by atoms with van der Waals surface area (Å²) in [6.45, 7) is 2.73. The van der Waals surface area contributed by atoms with E-state index in [1.807, 2.05) is 15.2 Å². The molecule has 2 atom stereocenters. The molecule has 0 saturated carbocycles. The molecule has 2 aliphatic rings. The zero-order valence-electron chi connectivity index (χ0n) is 13.4. The maximum absolute atomic E-state index is 12.6. The molecule has 3 rings (SSSR count). The van der Waals surface area contributed by atoms with Gasteiger partial charge in [-0.15, -0.1) is 23.7 Å². The Morgan fingerprint density at radius 1 is 1.42 bits per heavy atom. The summed E-state index contributed by atoms with van der Waals surface area (Å²) in [7, 11) is 0. The number of thiophene rings is 1. The fourth-order valence-electron chi connectivity index (χ4n) is 3.68. The average Bonchev–Trinajstić information content (AvgIpc) is 2.99. The van der Waals surface area contributed by atoms with Crippen LogP contribution in [0.25, 0.3) is 0 Å². The molecule has 2 saturated heterocycles. The molecule has 0 aliphatic carbocycles. The molecule has 24 heavy (non-hydrogen) atoms. The Morgan fingerprint density at radius 2 is 2.21 bits per heavy atom. The summed E-state index contributed by atoms with van der Waals surface area (Å²) in [4.78, 5) is 29.3. The molecule has 1 aromatic rings. The smallest absolute Gasteiger partial charge is 0.265 e. The van der Waals surface area contributed by atoms with Gasteiger partial charge in [0.05, 0.1) is 5.02 Å². The first-order valence-corrected chi connectivity index (χ1v) is 9.39. The van der Waals surface area contributed by atoms with Crippen LogP contribution in [-0.4, -0.2) is 53.8 Å². The van der Waals surface area contributed by atoms with Gasteiger partial charge < -0.3 is 15.5 Å². The fourth-order valence-corrected chi connectivity index (χ4v) is 4.78. The SMILES string of the molecule is Cl.NCCCN1C(=O)CC[C@H]2CN(C(=O)c3sccc3Cl)CC[C@H]21. The molecule has 134 valence electrons. The Labute approximate surface area is 157 Å². The Bertz CT molecular complexity index is 596. The van der Waals surface area contributed by atoms with Crippen LogP contribution in [0.15, 0.2) is 11.4 Å². The molecule has 8 heteroatoms. The minimum absolute atomic E-state index is 0. The van der Waals surface area contributed by atoms with E-state index in [2.05, 4.69) is 0 Å². The monoisotopic (exact) mass is 391 g/mol. The second-order valence-corrected chi connectivity index (χ2v) is 7.56. The van der Waals surface area contributed by atoms with Crippen molar-refractivity contribution >= 4 is 47.2 Å². The minimum Gasteiger partial charge on any atom is -0.339 e. The van der Waals surface area contributed by atoms with E-state index in [9.17, 15) is 9.59 Å². The largest absolute Gasteiger partial charge is 0.339 e. The zero-order chi connectivity index (χ0) is 16.4. The van der Waals surface area contributed by atoms with Crippen LogP contribution in [0.1, 0.15) is 35.4 Å². The molecule has 1 aromatic heterocycles.